The Morgan fingerprint density at radius 1 is 1.25 bits per heavy atom. The van der Waals surface area contributed by atoms with Crippen molar-refractivity contribution in [2.75, 3.05) is 40.3 Å². The van der Waals surface area contributed by atoms with Crippen molar-refractivity contribution in [1.29, 1.82) is 0 Å². The Hall–Kier alpha value is -0.770. The number of amides is 2. The van der Waals surface area contributed by atoms with Gasteiger partial charge in [0.25, 0.3) is 0 Å². The fourth-order valence-corrected chi connectivity index (χ4v) is 1.41. The van der Waals surface area contributed by atoms with E-state index in [9.17, 15) is 4.79 Å². The fraction of sp³-hybridized carbons (Fsp3) is 0.875. The average molecular weight is 171 g/mol. The first kappa shape index (κ1) is 9.32. The highest BCUT2D eigenvalue weighted by atomic mass is 16.2. The molecule has 1 rings (SSSR count). The van der Waals surface area contributed by atoms with Crippen LogP contribution in [0.5, 0.6) is 0 Å². The van der Waals surface area contributed by atoms with E-state index in [1.54, 1.807) is 7.05 Å². The van der Waals surface area contributed by atoms with Crippen LogP contribution in [0.15, 0.2) is 0 Å². The molecule has 12 heavy (non-hydrogen) atoms. The molecule has 0 atom stereocenters. The number of hydrogen-bond acceptors (Lipinski definition) is 2. The van der Waals surface area contributed by atoms with Gasteiger partial charge < -0.3 is 15.1 Å². The molecule has 0 radical (unpaired) electrons. The molecular weight excluding hydrogens is 154 g/mol. The summed E-state index contributed by atoms with van der Waals surface area (Å²) in [6.07, 6.45) is 1.07. The summed E-state index contributed by atoms with van der Waals surface area (Å²) in [5, 5.41) is 2.65. The van der Waals surface area contributed by atoms with Gasteiger partial charge in [-0.3, -0.25) is 0 Å². The Kier molecular flexibility index (Phi) is 3.34. The maximum Gasteiger partial charge on any atom is 0.317 e. The first-order valence-electron chi connectivity index (χ1n) is 4.39. The lowest BCUT2D eigenvalue weighted by atomic mass is 10.4. The van der Waals surface area contributed by atoms with Crippen molar-refractivity contribution in [3.05, 3.63) is 0 Å². The maximum atomic E-state index is 11.2. The lowest BCUT2D eigenvalue weighted by Gasteiger charge is -2.19. The molecule has 0 bridgehead atoms. The molecule has 0 unspecified atom stereocenters. The van der Waals surface area contributed by atoms with Crippen molar-refractivity contribution in [3.63, 3.8) is 0 Å². The van der Waals surface area contributed by atoms with Gasteiger partial charge in [0.1, 0.15) is 0 Å². The van der Waals surface area contributed by atoms with E-state index >= 15 is 0 Å². The molecule has 0 saturated carbocycles. The van der Waals surface area contributed by atoms with Gasteiger partial charge in [0.05, 0.1) is 0 Å². The number of nitrogens with zero attached hydrogens (tertiary/aromatic N) is 2. The summed E-state index contributed by atoms with van der Waals surface area (Å²) in [6, 6.07) is 0.0466. The predicted octanol–water partition coefficient (Wildman–Crippen LogP) is -0.0367. The van der Waals surface area contributed by atoms with Gasteiger partial charge in [-0.15, -0.1) is 0 Å². The van der Waals surface area contributed by atoms with Gasteiger partial charge in [-0.1, -0.05) is 0 Å². The van der Waals surface area contributed by atoms with Gasteiger partial charge in [0.2, 0.25) is 0 Å². The summed E-state index contributed by atoms with van der Waals surface area (Å²) in [4.78, 5) is 15.3. The second-order valence-corrected chi connectivity index (χ2v) is 3.20. The molecule has 2 amide bonds. The second-order valence-electron chi connectivity index (χ2n) is 3.20. The number of carbonyl (C=O) groups is 1. The number of hydrogen-bond donors (Lipinski definition) is 1. The Bertz CT molecular complexity index is 160. The minimum absolute atomic E-state index is 0.0466. The molecule has 4 heteroatoms. The van der Waals surface area contributed by atoms with Crippen LogP contribution in [0.4, 0.5) is 4.79 Å². The van der Waals surface area contributed by atoms with E-state index in [0.717, 1.165) is 32.6 Å². The molecular formula is C8H17N3O. The van der Waals surface area contributed by atoms with Crippen molar-refractivity contribution in [3.8, 4) is 0 Å². The molecule has 70 valence electrons. The molecule has 1 aliphatic rings. The molecule has 0 aromatic heterocycles. The zero-order valence-electron chi connectivity index (χ0n) is 7.84. The SMILES string of the molecule is CNC(=O)N1CCCN(C)CC1. The molecule has 0 aliphatic carbocycles. The molecule has 4 nitrogen and oxygen atoms in total. The van der Waals surface area contributed by atoms with E-state index in [1.165, 1.54) is 0 Å². The third-order valence-electron chi connectivity index (χ3n) is 2.22. The third-order valence-corrected chi connectivity index (χ3v) is 2.22. The summed E-state index contributed by atoms with van der Waals surface area (Å²) >= 11 is 0. The largest absolute Gasteiger partial charge is 0.341 e. The molecule has 1 saturated heterocycles. The molecule has 1 aliphatic heterocycles. The highest BCUT2D eigenvalue weighted by molar-refractivity contribution is 5.73. The third kappa shape index (κ3) is 2.37. The van der Waals surface area contributed by atoms with E-state index in [4.69, 9.17) is 0 Å². The molecule has 1 fully saturated rings. The van der Waals surface area contributed by atoms with E-state index in [2.05, 4.69) is 17.3 Å². The van der Waals surface area contributed by atoms with Crippen LogP contribution < -0.4 is 5.32 Å². The van der Waals surface area contributed by atoms with Crippen LogP contribution in [0, 0.1) is 0 Å². The summed E-state index contributed by atoms with van der Waals surface area (Å²) in [7, 11) is 3.77. The van der Waals surface area contributed by atoms with Gasteiger partial charge in [-0.25, -0.2) is 4.79 Å². The fourth-order valence-electron chi connectivity index (χ4n) is 1.41. The van der Waals surface area contributed by atoms with Crippen LogP contribution in [0.25, 0.3) is 0 Å². The Balaban J connectivity index is 2.40. The smallest absolute Gasteiger partial charge is 0.317 e. The molecule has 0 aromatic rings. The van der Waals surface area contributed by atoms with Crippen molar-refractivity contribution in [2.45, 2.75) is 6.42 Å². The number of urea groups is 1. The number of carbonyl (C=O) groups excluding carboxylic acids is 1. The first-order chi connectivity index (χ1) is 5.74. The predicted molar refractivity (Wildman–Crippen MR) is 48.1 cm³/mol. The summed E-state index contributed by atoms with van der Waals surface area (Å²) in [5.41, 5.74) is 0. The number of nitrogens with one attached hydrogen (secondary N) is 1. The zero-order chi connectivity index (χ0) is 8.97. The van der Waals surface area contributed by atoms with Crippen LogP contribution in [0.1, 0.15) is 6.42 Å². The minimum Gasteiger partial charge on any atom is -0.341 e. The number of rotatable bonds is 0. The van der Waals surface area contributed by atoms with Crippen molar-refractivity contribution < 1.29 is 4.79 Å². The zero-order valence-corrected chi connectivity index (χ0v) is 7.84. The van der Waals surface area contributed by atoms with E-state index < -0.39 is 0 Å². The minimum atomic E-state index is 0.0466. The second kappa shape index (κ2) is 4.30. The highest BCUT2D eigenvalue weighted by Gasteiger charge is 2.15. The van der Waals surface area contributed by atoms with Crippen LogP contribution in [-0.4, -0.2) is 56.1 Å². The van der Waals surface area contributed by atoms with E-state index in [1.807, 2.05) is 4.90 Å². The molecule has 0 spiro atoms. The Morgan fingerprint density at radius 2 is 2.00 bits per heavy atom. The van der Waals surface area contributed by atoms with Crippen LogP contribution in [0.2, 0.25) is 0 Å². The van der Waals surface area contributed by atoms with Gasteiger partial charge in [-0.05, 0) is 20.0 Å². The normalized spacial score (nSPS) is 20.3. The van der Waals surface area contributed by atoms with Crippen LogP contribution >= 0.6 is 0 Å². The van der Waals surface area contributed by atoms with Crippen LogP contribution in [0.3, 0.4) is 0 Å². The highest BCUT2D eigenvalue weighted by Crippen LogP contribution is 2.00. The van der Waals surface area contributed by atoms with Crippen molar-refractivity contribution >= 4 is 6.03 Å². The van der Waals surface area contributed by atoms with E-state index in [-0.39, 0.29) is 6.03 Å². The summed E-state index contributed by atoms with van der Waals surface area (Å²) in [6.45, 7) is 3.79. The number of likely N-dealkylation sites (N-methyl/N-ethyl adjacent to an activating group) is 1. The molecule has 0 aromatic carbocycles. The Morgan fingerprint density at radius 3 is 2.67 bits per heavy atom. The quantitative estimate of drug-likeness (QED) is 0.555. The molecule has 1 N–H and O–H groups in total. The topological polar surface area (TPSA) is 35.6 Å². The van der Waals surface area contributed by atoms with Gasteiger partial charge in [0, 0.05) is 26.7 Å². The first-order valence-corrected chi connectivity index (χ1v) is 4.39. The molecule has 1 heterocycles. The van der Waals surface area contributed by atoms with Crippen molar-refractivity contribution in [2.24, 2.45) is 0 Å². The van der Waals surface area contributed by atoms with Gasteiger partial charge in [-0.2, -0.15) is 0 Å². The lowest BCUT2D eigenvalue weighted by Crippen LogP contribution is -2.40. The summed E-state index contributed by atoms with van der Waals surface area (Å²) in [5.74, 6) is 0. The van der Waals surface area contributed by atoms with Gasteiger partial charge in [0.15, 0.2) is 0 Å². The average Bonchev–Trinajstić information content (AvgIpc) is 2.29. The van der Waals surface area contributed by atoms with Gasteiger partial charge >= 0.3 is 6.03 Å². The standard InChI is InChI=1S/C8H17N3O/c1-9-8(12)11-5-3-4-10(2)6-7-11/h3-7H2,1-2H3,(H,9,12). The van der Waals surface area contributed by atoms with E-state index in [0.29, 0.717) is 0 Å². The maximum absolute atomic E-state index is 11.2. The monoisotopic (exact) mass is 171 g/mol. The van der Waals surface area contributed by atoms with Crippen LogP contribution in [-0.2, 0) is 0 Å². The Labute approximate surface area is 73.5 Å². The van der Waals surface area contributed by atoms with Crippen molar-refractivity contribution in [1.82, 2.24) is 15.1 Å². The summed E-state index contributed by atoms with van der Waals surface area (Å²) < 4.78 is 0. The lowest BCUT2D eigenvalue weighted by molar-refractivity contribution is 0.202.